The number of rotatable bonds is 5. The second-order valence-electron chi connectivity index (χ2n) is 3.98. The molecule has 104 valence electrons. The van der Waals surface area contributed by atoms with Crippen LogP contribution >= 0.6 is 34.9 Å². The molecular formula is C11H12O4S4. The zero-order valence-electron chi connectivity index (χ0n) is 9.81. The molecule has 1 aromatic heterocycles. The summed E-state index contributed by atoms with van der Waals surface area (Å²) < 4.78 is 30.9. The van der Waals surface area contributed by atoms with Crippen molar-refractivity contribution in [3.8, 4) is 0 Å². The Kier molecular flexibility index (Phi) is 4.46. The zero-order valence-corrected chi connectivity index (χ0v) is 13.1. The molecular weight excluding hydrogens is 324 g/mol. The molecule has 1 saturated heterocycles. The molecule has 0 bridgehead atoms. The van der Waals surface area contributed by atoms with E-state index in [4.69, 9.17) is 4.55 Å². The van der Waals surface area contributed by atoms with E-state index in [1.54, 1.807) is 0 Å². The van der Waals surface area contributed by atoms with Crippen LogP contribution in [0.2, 0.25) is 0 Å². The van der Waals surface area contributed by atoms with Gasteiger partial charge in [0.05, 0.1) is 5.25 Å². The van der Waals surface area contributed by atoms with Crippen molar-refractivity contribution in [2.24, 2.45) is 0 Å². The second kappa shape index (κ2) is 5.61. The van der Waals surface area contributed by atoms with Gasteiger partial charge in [0.2, 0.25) is 0 Å². The minimum Gasteiger partial charge on any atom is -0.294 e. The van der Waals surface area contributed by atoms with E-state index in [0.29, 0.717) is 5.75 Å². The minimum atomic E-state index is -4.12. The van der Waals surface area contributed by atoms with Gasteiger partial charge in [-0.15, -0.1) is 34.9 Å². The van der Waals surface area contributed by atoms with Crippen molar-refractivity contribution in [2.75, 3.05) is 11.5 Å². The molecule has 1 aliphatic rings. The van der Waals surface area contributed by atoms with Gasteiger partial charge in [0.15, 0.2) is 5.78 Å². The highest BCUT2D eigenvalue weighted by Gasteiger charge is 2.47. The van der Waals surface area contributed by atoms with E-state index in [2.05, 4.69) is 6.58 Å². The number of allylic oxidation sites excluding steroid dienone is 1. The fourth-order valence-corrected chi connectivity index (χ4v) is 8.29. The number of thiophene rings is 1. The molecule has 2 rings (SSSR count). The molecule has 1 fully saturated rings. The van der Waals surface area contributed by atoms with Gasteiger partial charge in [-0.1, -0.05) is 12.6 Å². The number of ketones is 1. The molecule has 1 aliphatic heterocycles. The monoisotopic (exact) mass is 336 g/mol. The second-order valence-corrected chi connectivity index (χ2v) is 9.46. The van der Waals surface area contributed by atoms with Crippen molar-refractivity contribution in [1.82, 2.24) is 0 Å². The molecule has 0 amide bonds. The third-order valence-corrected chi connectivity index (χ3v) is 8.65. The molecule has 0 radical (unpaired) electrons. The van der Waals surface area contributed by atoms with Crippen LogP contribution in [-0.4, -0.2) is 35.5 Å². The van der Waals surface area contributed by atoms with Gasteiger partial charge < -0.3 is 0 Å². The van der Waals surface area contributed by atoms with Crippen molar-refractivity contribution in [1.29, 1.82) is 0 Å². The maximum atomic E-state index is 11.7. The molecule has 1 aromatic rings. The third-order valence-electron chi connectivity index (χ3n) is 2.59. The van der Waals surface area contributed by atoms with Crippen LogP contribution in [-0.2, 0) is 19.0 Å². The molecule has 2 atom stereocenters. The fraction of sp³-hybridized carbons (Fsp3) is 0.364. The van der Waals surface area contributed by atoms with Crippen LogP contribution in [0.5, 0.6) is 0 Å². The predicted molar refractivity (Wildman–Crippen MR) is 81.5 cm³/mol. The van der Waals surface area contributed by atoms with Crippen molar-refractivity contribution in [2.45, 2.75) is 9.33 Å². The standard InChI is InChI=1S/C11H12O4S4/c1-2-8(12)9-6-17-11(18-9,7-19(13,14)15)10-4-3-5-16-10/h2-5,9H,1,6-7H2,(H,13,14,15). The highest BCUT2D eigenvalue weighted by Crippen LogP contribution is 2.57. The lowest BCUT2D eigenvalue weighted by Gasteiger charge is -2.24. The first-order chi connectivity index (χ1) is 8.86. The van der Waals surface area contributed by atoms with Gasteiger partial charge in [-0.25, -0.2) is 0 Å². The van der Waals surface area contributed by atoms with Gasteiger partial charge >= 0.3 is 0 Å². The summed E-state index contributed by atoms with van der Waals surface area (Å²) in [6, 6.07) is 3.66. The number of hydrogen-bond donors (Lipinski definition) is 1. The molecule has 0 aromatic carbocycles. The average Bonchev–Trinajstić information content (AvgIpc) is 2.94. The van der Waals surface area contributed by atoms with Crippen LogP contribution in [0.1, 0.15) is 4.88 Å². The van der Waals surface area contributed by atoms with Gasteiger partial charge in [0, 0.05) is 10.6 Å². The Hall–Kier alpha value is -0.280. The molecule has 1 N–H and O–H groups in total. The van der Waals surface area contributed by atoms with Crippen molar-refractivity contribution in [3.05, 3.63) is 35.0 Å². The summed E-state index contributed by atoms with van der Waals surface area (Å²) in [5.74, 6) is 0.0194. The van der Waals surface area contributed by atoms with Gasteiger partial charge in [0.25, 0.3) is 10.1 Å². The summed E-state index contributed by atoms with van der Waals surface area (Å²) in [5.41, 5.74) is 0. The Balaban J connectivity index is 2.33. The SMILES string of the molecule is C=CC(=O)C1CSC(CS(=O)(=O)O)(c2cccs2)S1. The zero-order chi connectivity index (χ0) is 14.1. The van der Waals surface area contributed by atoms with Crippen molar-refractivity contribution in [3.63, 3.8) is 0 Å². The van der Waals surface area contributed by atoms with Crippen molar-refractivity contribution >= 4 is 50.8 Å². The highest BCUT2D eigenvalue weighted by molar-refractivity contribution is 8.22. The topological polar surface area (TPSA) is 71.4 Å². The summed E-state index contributed by atoms with van der Waals surface area (Å²) in [5, 5.41) is 1.54. The molecule has 2 unspecified atom stereocenters. The Morgan fingerprint density at radius 3 is 2.89 bits per heavy atom. The van der Waals surface area contributed by atoms with E-state index in [9.17, 15) is 13.2 Å². The lowest BCUT2D eigenvalue weighted by atomic mass is 10.3. The van der Waals surface area contributed by atoms with Gasteiger partial charge in [-0.2, -0.15) is 8.42 Å². The average molecular weight is 336 g/mol. The highest BCUT2D eigenvalue weighted by atomic mass is 32.2. The van der Waals surface area contributed by atoms with Gasteiger partial charge in [-0.05, 0) is 17.5 Å². The predicted octanol–water partition coefficient (Wildman–Crippen LogP) is 2.39. The van der Waals surface area contributed by atoms with Crippen LogP contribution in [0.4, 0.5) is 0 Å². The van der Waals surface area contributed by atoms with E-state index < -0.39 is 20.0 Å². The maximum absolute atomic E-state index is 11.7. The summed E-state index contributed by atoms with van der Waals surface area (Å²) in [4.78, 5) is 12.5. The Bertz CT molecular complexity index is 578. The number of hydrogen-bond acceptors (Lipinski definition) is 6. The maximum Gasteiger partial charge on any atom is 0.267 e. The van der Waals surface area contributed by atoms with E-state index in [0.717, 1.165) is 4.88 Å². The van der Waals surface area contributed by atoms with Crippen LogP contribution in [0.25, 0.3) is 0 Å². The molecule has 0 spiro atoms. The van der Waals surface area contributed by atoms with Gasteiger partial charge in [-0.3, -0.25) is 9.35 Å². The quantitative estimate of drug-likeness (QED) is 0.657. The van der Waals surface area contributed by atoms with E-state index in [1.165, 1.54) is 40.9 Å². The van der Waals surface area contributed by atoms with E-state index >= 15 is 0 Å². The summed E-state index contributed by atoms with van der Waals surface area (Å²) >= 11 is 4.11. The van der Waals surface area contributed by atoms with Crippen LogP contribution in [0, 0.1) is 0 Å². The first kappa shape index (κ1) is 15.1. The molecule has 2 heterocycles. The summed E-state index contributed by atoms with van der Waals surface area (Å²) in [7, 11) is -4.12. The van der Waals surface area contributed by atoms with Crippen molar-refractivity contribution < 1.29 is 17.8 Å². The molecule has 0 aliphatic carbocycles. The van der Waals surface area contributed by atoms with Crippen LogP contribution < -0.4 is 0 Å². The lowest BCUT2D eigenvalue weighted by Crippen LogP contribution is -2.26. The summed E-state index contributed by atoms with van der Waals surface area (Å²) in [6.45, 7) is 3.45. The van der Waals surface area contributed by atoms with E-state index in [1.807, 2.05) is 17.5 Å². The number of carbonyl (C=O) groups excluding carboxylic acids is 1. The van der Waals surface area contributed by atoms with Crippen LogP contribution in [0.3, 0.4) is 0 Å². The lowest BCUT2D eigenvalue weighted by molar-refractivity contribution is -0.113. The molecule has 0 saturated carbocycles. The summed E-state index contributed by atoms with van der Waals surface area (Å²) in [6.07, 6.45) is 1.26. The molecule has 19 heavy (non-hydrogen) atoms. The first-order valence-electron chi connectivity index (χ1n) is 5.33. The third kappa shape index (κ3) is 3.43. The molecule has 8 heteroatoms. The smallest absolute Gasteiger partial charge is 0.267 e. The fourth-order valence-electron chi connectivity index (χ4n) is 1.79. The Labute approximate surface area is 124 Å². The van der Waals surface area contributed by atoms with E-state index in [-0.39, 0.29) is 11.0 Å². The number of thioether (sulfide) groups is 2. The Morgan fingerprint density at radius 2 is 2.37 bits per heavy atom. The minimum absolute atomic E-state index is 0.105. The molecule has 4 nitrogen and oxygen atoms in total. The van der Waals surface area contributed by atoms with Gasteiger partial charge in [0.1, 0.15) is 9.83 Å². The largest absolute Gasteiger partial charge is 0.294 e. The van der Waals surface area contributed by atoms with Crippen LogP contribution in [0.15, 0.2) is 30.2 Å². The Morgan fingerprint density at radius 1 is 1.63 bits per heavy atom. The normalized spacial score (nSPS) is 27.3. The first-order valence-corrected chi connectivity index (χ1v) is 9.69. The number of carbonyl (C=O) groups is 1.